The van der Waals surface area contributed by atoms with Crippen LogP contribution >= 0.6 is 0 Å². The first-order chi connectivity index (χ1) is 16.0. The molecule has 1 heterocycles. The highest BCUT2D eigenvalue weighted by Crippen LogP contribution is 2.32. The number of aliphatic carboxylic acids is 1. The molecule has 1 aromatic heterocycles. The van der Waals surface area contributed by atoms with Crippen molar-refractivity contribution in [2.24, 2.45) is 11.8 Å². The van der Waals surface area contributed by atoms with Crippen molar-refractivity contribution in [1.82, 2.24) is 9.78 Å². The molecule has 0 spiro atoms. The molecule has 0 aliphatic heterocycles. The van der Waals surface area contributed by atoms with E-state index in [2.05, 4.69) is 0 Å². The molecule has 172 valence electrons. The zero-order chi connectivity index (χ0) is 23.2. The highest BCUT2D eigenvalue weighted by molar-refractivity contribution is 5.80. The van der Waals surface area contributed by atoms with Crippen LogP contribution < -0.4 is 5.56 Å². The quantitative estimate of drug-likeness (QED) is 0.538. The third kappa shape index (κ3) is 5.96. The van der Waals surface area contributed by atoms with Gasteiger partial charge < -0.3 is 9.84 Å². The standard InChI is InChI=1S/C27H30N2O4/c1-19-7-13-22(14-8-19)24-15-25(30)29(28-27(24)23-5-3-2-4-6-23)16-20-9-11-21(12-10-20)17-33-18-26(31)32/h2-8,13-15,20-21H,9-12,16-18H2,1H3,(H,31,32)/t20-,21-. The van der Waals surface area contributed by atoms with Crippen molar-refractivity contribution < 1.29 is 14.6 Å². The Hall–Kier alpha value is -3.25. The number of rotatable bonds is 8. The lowest BCUT2D eigenvalue weighted by Gasteiger charge is -2.28. The maximum absolute atomic E-state index is 13.0. The van der Waals surface area contributed by atoms with Gasteiger partial charge >= 0.3 is 5.97 Å². The molecule has 33 heavy (non-hydrogen) atoms. The second-order valence-electron chi connectivity index (χ2n) is 8.95. The smallest absolute Gasteiger partial charge is 0.329 e. The molecule has 1 aliphatic rings. The Labute approximate surface area is 193 Å². The summed E-state index contributed by atoms with van der Waals surface area (Å²) in [4.78, 5) is 23.7. The van der Waals surface area contributed by atoms with Crippen molar-refractivity contribution >= 4 is 5.97 Å². The molecule has 0 saturated heterocycles. The van der Waals surface area contributed by atoms with E-state index >= 15 is 0 Å². The van der Waals surface area contributed by atoms with Gasteiger partial charge in [0.05, 0.1) is 12.3 Å². The Bertz CT molecular complexity index is 1130. The Balaban J connectivity index is 1.53. The number of hydrogen-bond acceptors (Lipinski definition) is 4. The Kier molecular flexibility index (Phi) is 7.35. The molecule has 0 atom stereocenters. The summed E-state index contributed by atoms with van der Waals surface area (Å²) in [6.45, 7) is 2.89. The summed E-state index contributed by atoms with van der Waals surface area (Å²) in [5, 5.41) is 13.6. The predicted octanol–water partition coefficient (Wildman–Crippen LogP) is 4.79. The van der Waals surface area contributed by atoms with Crippen LogP contribution in [0.4, 0.5) is 0 Å². The summed E-state index contributed by atoms with van der Waals surface area (Å²) < 4.78 is 6.88. The third-order valence-corrected chi connectivity index (χ3v) is 6.38. The van der Waals surface area contributed by atoms with Crippen LogP contribution in [0.1, 0.15) is 31.2 Å². The van der Waals surface area contributed by atoms with E-state index in [1.54, 1.807) is 10.7 Å². The summed E-state index contributed by atoms with van der Waals surface area (Å²) >= 11 is 0. The van der Waals surface area contributed by atoms with Crippen molar-refractivity contribution in [3.8, 4) is 22.4 Å². The lowest BCUT2D eigenvalue weighted by Crippen LogP contribution is -2.29. The van der Waals surface area contributed by atoms with Crippen LogP contribution in [0.5, 0.6) is 0 Å². The molecule has 1 saturated carbocycles. The van der Waals surface area contributed by atoms with Crippen LogP contribution in [-0.2, 0) is 16.1 Å². The average Bonchev–Trinajstić information content (AvgIpc) is 2.82. The number of ether oxygens (including phenoxy) is 1. The van der Waals surface area contributed by atoms with Crippen molar-refractivity contribution in [3.05, 3.63) is 76.6 Å². The summed E-state index contributed by atoms with van der Waals surface area (Å²) in [7, 11) is 0. The molecule has 0 amide bonds. The van der Waals surface area contributed by atoms with Crippen LogP contribution in [0.2, 0.25) is 0 Å². The van der Waals surface area contributed by atoms with Crippen molar-refractivity contribution in [2.75, 3.05) is 13.2 Å². The number of carboxylic acid groups (broad SMARTS) is 1. The zero-order valence-electron chi connectivity index (χ0n) is 18.9. The molecule has 3 aromatic rings. The highest BCUT2D eigenvalue weighted by atomic mass is 16.5. The molecule has 1 N–H and O–H groups in total. The van der Waals surface area contributed by atoms with Crippen LogP contribution in [-0.4, -0.2) is 34.1 Å². The van der Waals surface area contributed by atoms with Crippen LogP contribution in [0.3, 0.4) is 0 Å². The maximum atomic E-state index is 13.0. The van der Waals surface area contributed by atoms with Gasteiger partial charge in [-0.05, 0) is 50.0 Å². The van der Waals surface area contributed by atoms with Gasteiger partial charge in [-0.25, -0.2) is 9.48 Å². The van der Waals surface area contributed by atoms with Gasteiger partial charge in [0.25, 0.3) is 5.56 Å². The van der Waals surface area contributed by atoms with E-state index in [4.69, 9.17) is 14.9 Å². The van der Waals surface area contributed by atoms with Crippen LogP contribution in [0, 0.1) is 18.8 Å². The second-order valence-corrected chi connectivity index (χ2v) is 8.95. The van der Waals surface area contributed by atoms with Gasteiger partial charge in [0.15, 0.2) is 0 Å². The van der Waals surface area contributed by atoms with Gasteiger partial charge in [-0.3, -0.25) is 4.79 Å². The Morgan fingerprint density at radius 2 is 1.67 bits per heavy atom. The van der Waals surface area contributed by atoms with Gasteiger partial charge in [-0.1, -0.05) is 60.2 Å². The summed E-state index contributed by atoms with van der Waals surface area (Å²) in [5.74, 6) is -0.175. The molecule has 1 aliphatic carbocycles. The highest BCUT2D eigenvalue weighted by Gasteiger charge is 2.23. The monoisotopic (exact) mass is 446 g/mol. The van der Waals surface area contributed by atoms with Crippen molar-refractivity contribution in [2.45, 2.75) is 39.2 Å². The van der Waals surface area contributed by atoms with E-state index in [0.717, 1.165) is 48.1 Å². The molecule has 0 bridgehead atoms. The molecule has 4 rings (SSSR count). The van der Waals surface area contributed by atoms with Gasteiger partial charge in [0.2, 0.25) is 0 Å². The minimum absolute atomic E-state index is 0.0860. The largest absolute Gasteiger partial charge is 0.480 e. The van der Waals surface area contributed by atoms with E-state index in [1.807, 2.05) is 61.5 Å². The van der Waals surface area contributed by atoms with Crippen molar-refractivity contribution in [3.63, 3.8) is 0 Å². The molecule has 2 aromatic carbocycles. The van der Waals surface area contributed by atoms with Crippen LogP contribution in [0.25, 0.3) is 22.4 Å². The zero-order valence-corrected chi connectivity index (χ0v) is 18.9. The van der Waals surface area contributed by atoms with Gasteiger partial charge in [-0.2, -0.15) is 5.10 Å². The fraction of sp³-hybridized carbons (Fsp3) is 0.370. The fourth-order valence-electron chi connectivity index (χ4n) is 4.52. The molecule has 0 radical (unpaired) electrons. The number of aromatic nitrogens is 2. The number of aryl methyl sites for hydroxylation is 1. The minimum Gasteiger partial charge on any atom is -0.480 e. The first-order valence-corrected chi connectivity index (χ1v) is 11.5. The van der Waals surface area contributed by atoms with E-state index < -0.39 is 5.97 Å². The SMILES string of the molecule is Cc1ccc(-c2cc(=O)n(C[C@H]3CC[C@H](COCC(=O)O)CC3)nc2-c2ccccc2)cc1. The van der Waals surface area contributed by atoms with Gasteiger partial charge in [-0.15, -0.1) is 0 Å². The molecular formula is C27H30N2O4. The summed E-state index contributed by atoms with van der Waals surface area (Å²) in [6.07, 6.45) is 3.92. The first kappa shape index (κ1) is 22.9. The van der Waals surface area contributed by atoms with E-state index in [0.29, 0.717) is 25.0 Å². The molecule has 1 fully saturated rings. The maximum Gasteiger partial charge on any atom is 0.329 e. The topological polar surface area (TPSA) is 81.4 Å². The number of carbonyl (C=O) groups is 1. The van der Waals surface area contributed by atoms with Crippen molar-refractivity contribution in [1.29, 1.82) is 0 Å². The number of benzene rings is 2. The number of hydrogen-bond donors (Lipinski definition) is 1. The fourth-order valence-corrected chi connectivity index (χ4v) is 4.52. The lowest BCUT2D eigenvalue weighted by molar-refractivity contribution is -0.142. The second kappa shape index (κ2) is 10.6. The lowest BCUT2D eigenvalue weighted by atomic mass is 9.82. The van der Waals surface area contributed by atoms with Crippen LogP contribution in [0.15, 0.2) is 65.5 Å². The Morgan fingerprint density at radius 3 is 2.33 bits per heavy atom. The summed E-state index contributed by atoms with van der Waals surface area (Å²) in [6, 6.07) is 19.9. The first-order valence-electron chi connectivity index (χ1n) is 11.5. The molecule has 0 unspecified atom stereocenters. The van der Waals surface area contributed by atoms with E-state index in [9.17, 15) is 9.59 Å². The predicted molar refractivity (Wildman–Crippen MR) is 128 cm³/mol. The Morgan fingerprint density at radius 1 is 1.00 bits per heavy atom. The van der Waals surface area contributed by atoms with E-state index in [-0.39, 0.29) is 12.2 Å². The average molecular weight is 447 g/mol. The normalized spacial score (nSPS) is 18.2. The van der Waals surface area contributed by atoms with Gasteiger partial charge in [0, 0.05) is 23.7 Å². The van der Waals surface area contributed by atoms with E-state index in [1.165, 1.54) is 5.56 Å². The number of nitrogens with zero attached hydrogens (tertiary/aromatic N) is 2. The minimum atomic E-state index is -0.933. The van der Waals surface area contributed by atoms with Gasteiger partial charge in [0.1, 0.15) is 6.61 Å². The molecule has 6 nitrogen and oxygen atoms in total. The summed E-state index contributed by atoms with van der Waals surface area (Å²) in [5.41, 5.74) is 4.72. The molecular weight excluding hydrogens is 416 g/mol. The third-order valence-electron chi connectivity index (χ3n) is 6.38. The molecule has 6 heteroatoms. The number of carboxylic acids is 1.